The summed E-state index contributed by atoms with van der Waals surface area (Å²) in [6.45, 7) is -0.273. The first-order valence-electron chi connectivity index (χ1n) is 11.1. The fourth-order valence-corrected chi connectivity index (χ4v) is 2.99. The molecule has 0 saturated heterocycles. The van der Waals surface area contributed by atoms with E-state index in [1.165, 1.54) is 30.5 Å². The van der Waals surface area contributed by atoms with Gasteiger partial charge in [0.15, 0.2) is 6.61 Å². The minimum absolute atomic E-state index is 0.00329. The van der Waals surface area contributed by atoms with E-state index in [-0.39, 0.29) is 12.2 Å². The van der Waals surface area contributed by atoms with Gasteiger partial charge in [-0.25, -0.2) is 5.43 Å². The van der Waals surface area contributed by atoms with Crippen molar-refractivity contribution < 1.29 is 37.0 Å². The van der Waals surface area contributed by atoms with Gasteiger partial charge in [0.05, 0.1) is 18.9 Å². The lowest BCUT2D eigenvalue weighted by Crippen LogP contribution is -2.37. The summed E-state index contributed by atoms with van der Waals surface area (Å²) in [5.74, 6) is -1.44. The van der Waals surface area contributed by atoms with E-state index in [2.05, 4.69) is 21.2 Å². The second kappa shape index (κ2) is 12.9. The standard InChI is InChI=1S/C26H23F3N4O5/c1-37-21-9-5-17(6-10-21)14-30-24(35)25(36)33-31-15-18-7-11-22(12-8-18)38-16-23(34)32-20-4-2-3-19(13-20)26(27,28)29/h2-13,15H,14,16H2,1H3,(H,30,35)(H,32,34)(H,33,36)/b31-15-. The van der Waals surface area contributed by atoms with Gasteiger partial charge >= 0.3 is 18.0 Å². The maximum absolute atomic E-state index is 12.8. The van der Waals surface area contributed by atoms with Crippen LogP contribution in [-0.2, 0) is 27.1 Å². The smallest absolute Gasteiger partial charge is 0.416 e. The molecule has 0 aromatic heterocycles. The molecule has 3 N–H and O–H groups in total. The van der Waals surface area contributed by atoms with Crippen molar-refractivity contribution in [1.82, 2.24) is 10.7 Å². The summed E-state index contributed by atoms with van der Waals surface area (Å²) in [6, 6.07) is 17.5. The molecule has 198 valence electrons. The highest BCUT2D eigenvalue weighted by atomic mass is 19.4. The van der Waals surface area contributed by atoms with Gasteiger partial charge in [-0.1, -0.05) is 18.2 Å². The van der Waals surface area contributed by atoms with Crippen molar-refractivity contribution in [2.24, 2.45) is 5.10 Å². The van der Waals surface area contributed by atoms with Crippen molar-refractivity contribution in [3.05, 3.63) is 89.5 Å². The summed E-state index contributed by atoms with van der Waals surface area (Å²) in [7, 11) is 1.54. The number of benzene rings is 3. The van der Waals surface area contributed by atoms with E-state index in [9.17, 15) is 27.6 Å². The largest absolute Gasteiger partial charge is 0.497 e. The van der Waals surface area contributed by atoms with Crippen LogP contribution in [0.15, 0.2) is 77.9 Å². The maximum Gasteiger partial charge on any atom is 0.416 e. The highest BCUT2D eigenvalue weighted by molar-refractivity contribution is 6.35. The zero-order chi connectivity index (χ0) is 27.5. The van der Waals surface area contributed by atoms with Gasteiger partial charge in [-0.05, 0) is 65.7 Å². The van der Waals surface area contributed by atoms with E-state index >= 15 is 0 Å². The quantitative estimate of drug-likeness (QED) is 0.223. The Labute approximate surface area is 215 Å². The van der Waals surface area contributed by atoms with Gasteiger partial charge < -0.3 is 20.1 Å². The lowest BCUT2D eigenvalue weighted by molar-refractivity contribution is -0.139. The van der Waals surface area contributed by atoms with Crippen LogP contribution in [0.3, 0.4) is 0 Å². The van der Waals surface area contributed by atoms with E-state index < -0.39 is 36.1 Å². The lowest BCUT2D eigenvalue weighted by atomic mass is 10.2. The Morgan fingerprint density at radius 2 is 1.61 bits per heavy atom. The molecule has 0 saturated carbocycles. The van der Waals surface area contributed by atoms with Crippen LogP contribution in [0.25, 0.3) is 0 Å². The van der Waals surface area contributed by atoms with E-state index in [0.717, 1.165) is 17.7 Å². The average molecular weight is 528 g/mol. The topological polar surface area (TPSA) is 118 Å². The predicted molar refractivity (Wildman–Crippen MR) is 133 cm³/mol. The summed E-state index contributed by atoms with van der Waals surface area (Å²) < 4.78 is 48.7. The van der Waals surface area contributed by atoms with Crippen molar-refractivity contribution in [3.8, 4) is 11.5 Å². The number of hydrogen-bond acceptors (Lipinski definition) is 6. The third kappa shape index (κ3) is 8.66. The summed E-state index contributed by atoms with van der Waals surface area (Å²) in [5.41, 5.74) is 2.58. The number of carbonyl (C=O) groups excluding carboxylic acids is 3. The molecule has 3 aromatic carbocycles. The number of amides is 3. The monoisotopic (exact) mass is 528 g/mol. The molecular formula is C26H23F3N4O5. The Balaban J connectivity index is 1.40. The van der Waals surface area contributed by atoms with Crippen LogP contribution in [0, 0.1) is 0 Å². The SMILES string of the molecule is COc1ccc(CNC(=O)C(=O)N/N=C\c2ccc(OCC(=O)Nc3cccc(C(F)(F)F)c3)cc2)cc1. The van der Waals surface area contributed by atoms with Crippen LogP contribution in [-0.4, -0.2) is 37.7 Å². The number of rotatable bonds is 9. The van der Waals surface area contributed by atoms with Crippen molar-refractivity contribution in [1.29, 1.82) is 0 Å². The number of ether oxygens (including phenoxy) is 2. The second-order valence-corrected chi connectivity index (χ2v) is 7.71. The Bertz CT molecular complexity index is 1290. The van der Waals surface area contributed by atoms with Crippen LogP contribution in [0.5, 0.6) is 11.5 Å². The predicted octanol–water partition coefficient (Wildman–Crippen LogP) is 3.50. The minimum Gasteiger partial charge on any atom is -0.497 e. The second-order valence-electron chi connectivity index (χ2n) is 7.71. The fourth-order valence-electron chi connectivity index (χ4n) is 2.99. The molecule has 0 unspecified atom stereocenters. The number of alkyl halides is 3. The van der Waals surface area contributed by atoms with Gasteiger partial charge in [0.25, 0.3) is 5.91 Å². The van der Waals surface area contributed by atoms with Gasteiger partial charge in [0, 0.05) is 12.2 Å². The van der Waals surface area contributed by atoms with Crippen LogP contribution < -0.4 is 25.5 Å². The number of carbonyl (C=O) groups is 3. The zero-order valence-electron chi connectivity index (χ0n) is 20.0. The summed E-state index contributed by atoms with van der Waals surface area (Å²) >= 11 is 0. The molecule has 0 atom stereocenters. The molecular weight excluding hydrogens is 505 g/mol. The highest BCUT2D eigenvalue weighted by Crippen LogP contribution is 2.30. The summed E-state index contributed by atoms with van der Waals surface area (Å²) in [5, 5.41) is 8.55. The van der Waals surface area contributed by atoms with Crippen molar-refractivity contribution in [2.75, 3.05) is 19.0 Å². The van der Waals surface area contributed by atoms with Crippen LogP contribution in [0.4, 0.5) is 18.9 Å². The minimum atomic E-state index is -4.52. The van der Waals surface area contributed by atoms with Gasteiger partial charge in [0.1, 0.15) is 11.5 Å². The van der Waals surface area contributed by atoms with Crippen molar-refractivity contribution in [2.45, 2.75) is 12.7 Å². The molecule has 3 rings (SSSR count). The molecule has 0 aliphatic carbocycles. The van der Waals surface area contributed by atoms with Gasteiger partial charge in [0.2, 0.25) is 0 Å². The van der Waals surface area contributed by atoms with E-state index in [1.54, 1.807) is 43.5 Å². The van der Waals surface area contributed by atoms with Crippen LogP contribution >= 0.6 is 0 Å². The molecule has 0 aliphatic heterocycles. The molecule has 0 fully saturated rings. The first kappa shape index (κ1) is 27.7. The Kier molecular flexibility index (Phi) is 9.41. The fraction of sp³-hybridized carbons (Fsp3) is 0.154. The zero-order valence-corrected chi connectivity index (χ0v) is 20.0. The molecule has 0 spiro atoms. The first-order valence-corrected chi connectivity index (χ1v) is 11.1. The molecule has 12 heteroatoms. The number of nitrogens with one attached hydrogen (secondary N) is 3. The van der Waals surface area contributed by atoms with Crippen molar-refractivity contribution in [3.63, 3.8) is 0 Å². The Morgan fingerprint density at radius 3 is 2.26 bits per heavy atom. The maximum atomic E-state index is 12.8. The lowest BCUT2D eigenvalue weighted by Gasteiger charge is -2.10. The number of nitrogens with zero attached hydrogens (tertiary/aromatic N) is 1. The van der Waals surface area contributed by atoms with Gasteiger partial charge in [-0.3, -0.25) is 14.4 Å². The average Bonchev–Trinajstić information content (AvgIpc) is 2.91. The number of methoxy groups -OCH3 is 1. The van der Waals surface area contributed by atoms with Gasteiger partial charge in [-0.2, -0.15) is 18.3 Å². The molecule has 38 heavy (non-hydrogen) atoms. The summed E-state index contributed by atoms with van der Waals surface area (Å²) in [4.78, 5) is 35.8. The van der Waals surface area contributed by atoms with Crippen molar-refractivity contribution >= 4 is 29.6 Å². The third-order valence-electron chi connectivity index (χ3n) is 4.92. The van der Waals surface area contributed by atoms with Crippen LogP contribution in [0.2, 0.25) is 0 Å². The molecule has 0 radical (unpaired) electrons. The number of anilines is 1. The third-order valence-corrected chi connectivity index (χ3v) is 4.92. The molecule has 0 aliphatic rings. The molecule has 0 heterocycles. The van der Waals surface area contributed by atoms with E-state index in [0.29, 0.717) is 17.1 Å². The molecule has 9 nitrogen and oxygen atoms in total. The number of hydrazone groups is 1. The Morgan fingerprint density at radius 1 is 0.921 bits per heavy atom. The molecule has 3 amide bonds. The number of hydrogen-bond donors (Lipinski definition) is 3. The van der Waals surface area contributed by atoms with Gasteiger partial charge in [-0.15, -0.1) is 0 Å². The van der Waals surface area contributed by atoms with E-state index in [4.69, 9.17) is 9.47 Å². The highest BCUT2D eigenvalue weighted by Gasteiger charge is 2.30. The number of halogens is 3. The molecule has 3 aromatic rings. The molecule has 0 bridgehead atoms. The summed E-state index contributed by atoms with van der Waals surface area (Å²) in [6.07, 6.45) is -3.21. The normalized spacial score (nSPS) is 11.1. The Hall–Kier alpha value is -4.87. The van der Waals surface area contributed by atoms with Crippen LogP contribution in [0.1, 0.15) is 16.7 Å². The van der Waals surface area contributed by atoms with E-state index in [1.807, 2.05) is 0 Å². The first-order chi connectivity index (χ1) is 18.1.